The quantitative estimate of drug-likeness (QED) is 0.840. The fraction of sp³-hybridized carbons (Fsp3) is 0.217. The molecule has 1 fully saturated rings. The van der Waals surface area contributed by atoms with Crippen LogP contribution in [0.15, 0.2) is 54.1 Å². The summed E-state index contributed by atoms with van der Waals surface area (Å²) in [4.78, 5) is 26.0. The highest BCUT2D eigenvalue weighted by atomic mass is 16.2. The van der Waals surface area contributed by atoms with E-state index in [-0.39, 0.29) is 5.91 Å². The molecule has 1 heterocycles. The van der Waals surface area contributed by atoms with E-state index in [4.69, 9.17) is 5.73 Å². The van der Waals surface area contributed by atoms with E-state index < -0.39 is 5.91 Å². The van der Waals surface area contributed by atoms with Crippen LogP contribution >= 0.6 is 0 Å². The lowest BCUT2D eigenvalue weighted by atomic mass is 9.91. The Kier molecular flexibility index (Phi) is 3.99. The van der Waals surface area contributed by atoms with Gasteiger partial charge in [0, 0.05) is 23.4 Å². The van der Waals surface area contributed by atoms with Crippen LogP contribution in [0.2, 0.25) is 0 Å². The molecule has 0 saturated carbocycles. The van der Waals surface area contributed by atoms with E-state index in [0.717, 1.165) is 34.4 Å². The Bertz CT molecular complexity index is 1050. The van der Waals surface area contributed by atoms with Crippen molar-refractivity contribution in [1.29, 1.82) is 0 Å². The molecule has 1 aliphatic heterocycles. The zero-order valence-electron chi connectivity index (χ0n) is 15.6. The lowest BCUT2D eigenvalue weighted by Gasteiger charge is -2.18. The third-order valence-corrected chi connectivity index (χ3v) is 5.69. The molecule has 0 bridgehead atoms. The number of nitrogens with zero attached hydrogens (tertiary/aromatic N) is 1. The van der Waals surface area contributed by atoms with Crippen molar-refractivity contribution in [2.24, 2.45) is 5.73 Å². The van der Waals surface area contributed by atoms with Crippen LogP contribution < -0.4 is 10.6 Å². The SMILES string of the molecule is C=C1CCN(c2cccc(-c3ccc(C(N)=O)c4c3C(C)=C(C)C4)c2)C1=O. The Balaban J connectivity index is 1.85. The molecule has 2 N–H and O–H groups in total. The molecule has 0 unspecified atom stereocenters. The number of amides is 2. The molecule has 2 aliphatic rings. The predicted molar refractivity (Wildman–Crippen MR) is 108 cm³/mol. The molecule has 4 nitrogen and oxygen atoms in total. The van der Waals surface area contributed by atoms with Gasteiger partial charge in [-0.15, -0.1) is 0 Å². The van der Waals surface area contributed by atoms with Gasteiger partial charge in [0.1, 0.15) is 0 Å². The second kappa shape index (κ2) is 6.23. The molecular formula is C23H22N2O2. The summed E-state index contributed by atoms with van der Waals surface area (Å²) < 4.78 is 0. The number of carbonyl (C=O) groups is 2. The number of hydrogen-bond donors (Lipinski definition) is 1. The Labute approximate surface area is 159 Å². The van der Waals surface area contributed by atoms with Crippen molar-refractivity contribution in [1.82, 2.24) is 0 Å². The molecule has 0 atom stereocenters. The van der Waals surface area contributed by atoms with Gasteiger partial charge in [0.15, 0.2) is 0 Å². The molecule has 2 amide bonds. The zero-order valence-corrected chi connectivity index (χ0v) is 15.6. The normalized spacial score (nSPS) is 16.3. The number of benzene rings is 2. The van der Waals surface area contributed by atoms with E-state index >= 15 is 0 Å². The van der Waals surface area contributed by atoms with Gasteiger partial charge in [0.25, 0.3) is 5.91 Å². The fourth-order valence-corrected chi connectivity index (χ4v) is 4.08. The van der Waals surface area contributed by atoms with Crippen LogP contribution in [0.3, 0.4) is 0 Å². The summed E-state index contributed by atoms with van der Waals surface area (Å²) in [6.45, 7) is 8.69. The van der Waals surface area contributed by atoms with Gasteiger partial charge in [-0.3, -0.25) is 9.59 Å². The first-order chi connectivity index (χ1) is 12.9. The monoisotopic (exact) mass is 358 g/mol. The van der Waals surface area contributed by atoms with Gasteiger partial charge in [-0.25, -0.2) is 0 Å². The summed E-state index contributed by atoms with van der Waals surface area (Å²) in [5, 5.41) is 0. The van der Waals surface area contributed by atoms with Crippen molar-refractivity contribution in [2.75, 3.05) is 11.4 Å². The predicted octanol–water partition coefficient (Wildman–Crippen LogP) is 4.09. The average molecular weight is 358 g/mol. The van der Waals surface area contributed by atoms with Gasteiger partial charge in [-0.1, -0.05) is 30.4 Å². The molecule has 4 heteroatoms. The number of primary amides is 1. The summed E-state index contributed by atoms with van der Waals surface area (Å²) in [6.07, 6.45) is 1.45. The maximum Gasteiger partial charge on any atom is 0.253 e. The van der Waals surface area contributed by atoms with E-state index in [9.17, 15) is 9.59 Å². The summed E-state index contributed by atoms with van der Waals surface area (Å²) in [5.74, 6) is -0.399. The van der Waals surface area contributed by atoms with Crippen LogP contribution in [0, 0.1) is 0 Å². The third kappa shape index (κ3) is 2.69. The molecule has 1 saturated heterocycles. The summed E-state index contributed by atoms with van der Waals surface area (Å²) in [6, 6.07) is 11.8. The third-order valence-electron chi connectivity index (χ3n) is 5.69. The number of allylic oxidation sites excluding steroid dienone is 2. The zero-order chi connectivity index (χ0) is 19.3. The van der Waals surface area contributed by atoms with Crippen LogP contribution in [-0.4, -0.2) is 18.4 Å². The topological polar surface area (TPSA) is 63.4 Å². The molecule has 136 valence electrons. The minimum Gasteiger partial charge on any atom is -0.366 e. The number of carbonyl (C=O) groups excluding carboxylic acids is 2. The Morgan fingerprint density at radius 3 is 2.63 bits per heavy atom. The second-order valence-electron chi connectivity index (χ2n) is 7.32. The molecule has 4 rings (SSSR count). The van der Waals surface area contributed by atoms with Gasteiger partial charge in [0.2, 0.25) is 5.91 Å². The summed E-state index contributed by atoms with van der Waals surface area (Å²) >= 11 is 0. The van der Waals surface area contributed by atoms with Crippen LogP contribution in [0.1, 0.15) is 41.8 Å². The molecule has 0 aromatic heterocycles. The summed E-state index contributed by atoms with van der Waals surface area (Å²) in [5.41, 5.74) is 14.4. The number of nitrogens with two attached hydrogens (primary N) is 1. The van der Waals surface area contributed by atoms with Crippen molar-refractivity contribution in [2.45, 2.75) is 26.7 Å². The Morgan fingerprint density at radius 2 is 1.96 bits per heavy atom. The van der Waals surface area contributed by atoms with Crippen molar-refractivity contribution in [3.8, 4) is 11.1 Å². The van der Waals surface area contributed by atoms with Crippen LogP contribution in [0.5, 0.6) is 0 Å². The first-order valence-electron chi connectivity index (χ1n) is 9.11. The van der Waals surface area contributed by atoms with Crippen molar-refractivity contribution >= 4 is 23.1 Å². The Hall–Kier alpha value is -3.14. The van der Waals surface area contributed by atoms with Crippen LogP contribution in [0.25, 0.3) is 16.7 Å². The van der Waals surface area contributed by atoms with Crippen LogP contribution in [-0.2, 0) is 11.2 Å². The minimum absolute atomic E-state index is 0.00613. The molecule has 27 heavy (non-hydrogen) atoms. The molecule has 2 aromatic carbocycles. The van der Waals surface area contributed by atoms with Crippen molar-refractivity contribution < 1.29 is 9.59 Å². The van der Waals surface area contributed by atoms with Crippen molar-refractivity contribution in [3.05, 3.63) is 70.8 Å². The van der Waals surface area contributed by atoms with Gasteiger partial charge >= 0.3 is 0 Å². The number of hydrogen-bond acceptors (Lipinski definition) is 2. The lowest BCUT2D eigenvalue weighted by Crippen LogP contribution is -2.24. The maximum absolute atomic E-state index is 12.3. The van der Waals surface area contributed by atoms with E-state index in [0.29, 0.717) is 24.1 Å². The number of rotatable bonds is 3. The van der Waals surface area contributed by atoms with Gasteiger partial charge in [-0.05, 0) is 72.7 Å². The smallest absolute Gasteiger partial charge is 0.253 e. The molecule has 0 radical (unpaired) electrons. The van der Waals surface area contributed by atoms with Crippen molar-refractivity contribution in [3.63, 3.8) is 0 Å². The average Bonchev–Trinajstić information content (AvgIpc) is 3.14. The first kappa shape index (κ1) is 17.3. The largest absolute Gasteiger partial charge is 0.366 e. The number of fused-ring (bicyclic) bond motifs is 1. The maximum atomic E-state index is 12.3. The van der Waals surface area contributed by atoms with Gasteiger partial charge in [0.05, 0.1) is 0 Å². The molecule has 1 aliphatic carbocycles. The highest BCUT2D eigenvalue weighted by Crippen LogP contribution is 2.41. The summed E-state index contributed by atoms with van der Waals surface area (Å²) in [7, 11) is 0. The van der Waals surface area contributed by atoms with E-state index in [2.05, 4.69) is 20.4 Å². The van der Waals surface area contributed by atoms with Crippen LogP contribution in [0.4, 0.5) is 5.69 Å². The fourth-order valence-electron chi connectivity index (χ4n) is 4.08. The van der Waals surface area contributed by atoms with E-state index in [1.807, 2.05) is 36.4 Å². The highest BCUT2D eigenvalue weighted by molar-refractivity contribution is 6.08. The highest BCUT2D eigenvalue weighted by Gasteiger charge is 2.27. The first-order valence-corrected chi connectivity index (χ1v) is 9.11. The minimum atomic E-state index is -0.393. The Morgan fingerprint density at radius 1 is 1.19 bits per heavy atom. The van der Waals surface area contributed by atoms with Gasteiger partial charge < -0.3 is 10.6 Å². The lowest BCUT2D eigenvalue weighted by molar-refractivity contribution is -0.114. The molecular weight excluding hydrogens is 336 g/mol. The molecule has 0 spiro atoms. The second-order valence-corrected chi connectivity index (χ2v) is 7.32. The van der Waals surface area contributed by atoms with E-state index in [1.54, 1.807) is 4.90 Å². The van der Waals surface area contributed by atoms with E-state index in [1.165, 1.54) is 11.1 Å². The number of anilines is 1. The standard InChI is InChI=1S/C23H22N2O2/c1-13-9-10-25(23(13)27)17-6-4-5-16(12-17)18-7-8-19(22(24)26)20-11-14(2)15(3)21(18)20/h4-8,12H,1,9-11H2,2-3H3,(H2,24,26). The molecule has 2 aromatic rings. The van der Waals surface area contributed by atoms with Gasteiger partial charge in [-0.2, -0.15) is 0 Å².